The zero-order valence-electron chi connectivity index (χ0n) is 9.50. The Morgan fingerprint density at radius 2 is 1.68 bits per heavy atom. The van der Waals surface area contributed by atoms with Crippen molar-refractivity contribution in [1.82, 2.24) is 10.4 Å². The van der Waals surface area contributed by atoms with Crippen LogP contribution in [0.1, 0.15) is 17.2 Å². The molecule has 0 bridgehead atoms. The molecule has 0 spiro atoms. The van der Waals surface area contributed by atoms with Crippen molar-refractivity contribution in [1.29, 1.82) is 0 Å². The molecule has 7 heteroatoms. The molecular formula is C12H9F4N3. The van der Waals surface area contributed by atoms with Crippen molar-refractivity contribution in [3.05, 3.63) is 65.0 Å². The first-order valence-electron chi connectivity index (χ1n) is 5.24. The number of hydrazine groups is 1. The van der Waals surface area contributed by atoms with E-state index < -0.39 is 34.9 Å². The van der Waals surface area contributed by atoms with Crippen LogP contribution in [-0.4, -0.2) is 4.98 Å². The zero-order valence-corrected chi connectivity index (χ0v) is 9.50. The van der Waals surface area contributed by atoms with Gasteiger partial charge in [-0.2, -0.15) is 0 Å². The van der Waals surface area contributed by atoms with Crippen LogP contribution >= 0.6 is 0 Å². The first-order valence-corrected chi connectivity index (χ1v) is 5.24. The van der Waals surface area contributed by atoms with Crippen molar-refractivity contribution < 1.29 is 17.6 Å². The van der Waals surface area contributed by atoms with Crippen LogP contribution in [0.3, 0.4) is 0 Å². The highest BCUT2D eigenvalue weighted by atomic mass is 19.1. The van der Waals surface area contributed by atoms with E-state index in [0.29, 0.717) is 12.1 Å². The molecule has 0 radical (unpaired) electrons. The molecule has 0 fully saturated rings. The lowest BCUT2D eigenvalue weighted by Gasteiger charge is -2.18. The first kappa shape index (κ1) is 13.4. The number of nitrogens with two attached hydrogens (primary N) is 1. The maximum Gasteiger partial charge on any atom is 0.146 e. The fourth-order valence-electron chi connectivity index (χ4n) is 1.78. The maximum absolute atomic E-state index is 13.7. The van der Waals surface area contributed by atoms with Crippen LogP contribution < -0.4 is 11.3 Å². The molecular weight excluding hydrogens is 262 g/mol. The van der Waals surface area contributed by atoms with E-state index in [2.05, 4.69) is 10.4 Å². The Kier molecular flexibility index (Phi) is 3.77. The molecule has 0 aliphatic carbocycles. The van der Waals surface area contributed by atoms with Crippen molar-refractivity contribution in [2.24, 2.45) is 5.84 Å². The highest BCUT2D eigenvalue weighted by Crippen LogP contribution is 2.28. The second-order valence-corrected chi connectivity index (χ2v) is 3.78. The molecule has 0 saturated carbocycles. The Hall–Kier alpha value is -1.99. The van der Waals surface area contributed by atoms with Gasteiger partial charge in [-0.05, 0) is 6.07 Å². The van der Waals surface area contributed by atoms with Gasteiger partial charge in [0.15, 0.2) is 0 Å². The summed E-state index contributed by atoms with van der Waals surface area (Å²) in [5.41, 5.74) is 1.45. The molecule has 1 aromatic carbocycles. The molecule has 0 amide bonds. The summed E-state index contributed by atoms with van der Waals surface area (Å²) in [6.07, 6.45) is 2.14. The Bertz CT molecular complexity index is 580. The number of nitrogens with one attached hydrogen (secondary N) is 1. The zero-order chi connectivity index (χ0) is 14.0. The van der Waals surface area contributed by atoms with Gasteiger partial charge in [-0.15, -0.1) is 0 Å². The summed E-state index contributed by atoms with van der Waals surface area (Å²) in [6, 6.07) is 0.940. The van der Waals surface area contributed by atoms with Gasteiger partial charge in [-0.1, -0.05) is 0 Å². The fourth-order valence-corrected chi connectivity index (χ4v) is 1.78. The van der Waals surface area contributed by atoms with Gasteiger partial charge >= 0.3 is 0 Å². The van der Waals surface area contributed by atoms with Gasteiger partial charge in [0, 0.05) is 29.5 Å². The van der Waals surface area contributed by atoms with E-state index in [1.54, 1.807) is 0 Å². The van der Waals surface area contributed by atoms with Gasteiger partial charge < -0.3 is 0 Å². The van der Waals surface area contributed by atoms with E-state index in [1.807, 2.05) is 0 Å². The Morgan fingerprint density at radius 3 is 2.21 bits per heavy atom. The number of nitrogens with zero attached hydrogens (tertiary/aromatic N) is 1. The minimum absolute atomic E-state index is 0.0955. The van der Waals surface area contributed by atoms with E-state index in [-0.39, 0.29) is 5.56 Å². The Balaban J connectivity index is 2.58. The molecule has 1 atom stereocenters. The van der Waals surface area contributed by atoms with Crippen molar-refractivity contribution in [2.45, 2.75) is 6.04 Å². The van der Waals surface area contributed by atoms with E-state index >= 15 is 0 Å². The van der Waals surface area contributed by atoms with Crippen molar-refractivity contribution >= 4 is 0 Å². The van der Waals surface area contributed by atoms with Crippen molar-refractivity contribution in [3.63, 3.8) is 0 Å². The topological polar surface area (TPSA) is 50.9 Å². The SMILES string of the molecule is NNC(c1ccncc1F)c1c(F)cc(F)cc1F. The van der Waals surface area contributed by atoms with Crippen molar-refractivity contribution in [2.75, 3.05) is 0 Å². The van der Waals surface area contributed by atoms with Crippen molar-refractivity contribution in [3.8, 4) is 0 Å². The molecule has 3 nitrogen and oxygen atoms in total. The van der Waals surface area contributed by atoms with E-state index in [0.717, 1.165) is 6.20 Å². The minimum Gasteiger partial charge on any atom is -0.271 e. The smallest absolute Gasteiger partial charge is 0.146 e. The predicted octanol–water partition coefficient (Wildman–Crippen LogP) is 2.19. The van der Waals surface area contributed by atoms with E-state index in [1.165, 1.54) is 12.3 Å². The normalized spacial score (nSPS) is 12.5. The van der Waals surface area contributed by atoms with Crippen LogP contribution in [0.15, 0.2) is 30.6 Å². The van der Waals surface area contributed by atoms with Crippen LogP contribution in [0.5, 0.6) is 0 Å². The first-order chi connectivity index (χ1) is 9.04. The highest BCUT2D eigenvalue weighted by molar-refractivity contribution is 5.33. The number of rotatable bonds is 3. The summed E-state index contributed by atoms with van der Waals surface area (Å²) in [5, 5.41) is 0. The standard InChI is InChI=1S/C12H9F4N3/c13-6-3-8(14)11(9(15)4-6)12(19-17)7-1-2-18-5-10(7)16/h1-5,12,19H,17H2. The summed E-state index contributed by atoms with van der Waals surface area (Å²) in [6.45, 7) is 0. The molecule has 1 unspecified atom stereocenters. The molecule has 2 aromatic rings. The largest absolute Gasteiger partial charge is 0.271 e. The van der Waals surface area contributed by atoms with Crippen LogP contribution in [0.4, 0.5) is 17.6 Å². The van der Waals surface area contributed by atoms with Crippen LogP contribution in [0.2, 0.25) is 0 Å². The molecule has 0 aliphatic rings. The number of hydrogen-bond donors (Lipinski definition) is 2. The molecule has 0 saturated heterocycles. The molecule has 3 N–H and O–H groups in total. The number of halogens is 4. The molecule has 0 aliphatic heterocycles. The van der Waals surface area contributed by atoms with Gasteiger partial charge in [-0.25, -0.2) is 23.0 Å². The van der Waals surface area contributed by atoms with E-state index in [9.17, 15) is 17.6 Å². The predicted molar refractivity (Wildman–Crippen MR) is 59.7 cm³/mol. The van der Waals surface area contributed by atoms with Gasteiger partial charge in [0.2, 0.25) is 0 Å². The lowest BCUT2D eigenvalue weighted by Crippen LogP contribution is -2.31. The minimum atomic E-state index is -1.29. The third-order valence-electron chi connectivity index (χ3n) is 2.61. The lowest BCUT2D eigenvalue weighted by atomic mass is 9.98. The number of benzene rings is 1. The third-order valence-corrected chi connectivity index (χ3v) is 2.61. The average molecular weight is 271 g/mol. The fraction of sp³-hybridized carbons (Fsp3) is 0.0833. The highest BCUT2D eigenvalue weighted by Gasteiger charge is 2.24. The summed E-state index contributed by atoms with van der Waals surface area (Å²) in [5.74, 6) is 1.06. The summed E-state index contributed by atoms with van der Waals surface area (Å²) in [4.78, 5) is 3.52. The van der Waals surface area contributed by atoms with Crippen LogP contribution in [0.25, 0.3) is 0 Å². The average Bonchev–Trinajstić information content (AvgIpc) is 2.34. The monoisotopic (exact) mass is 271 g/mol. The summed E-state index contributed by atoms with van der Waals surface area (Å²) >= 11 is 0. The molecule has 1 heterocycles. The Labute approximate surface area is 106 Å². The molecule has 1 aromatic heterocycles. The number of pyridine rings is 1. The quantitative estimate of drug-likeness (QED) is 0.511. The van der Waals surface area contributed by atoms with Gasteiger partial charge in [0.1, 0.15) is 23.3 Å². The molecule has 100 valence electrons. The number of aromatic nitrogens is 1. The van der Waals surface area contributed by atoms with Crippen LogP contribution in [-0.2, 0) is 0 Å². The lowest BCUT2D eigenvalue weighted by molar-refractivity contribution is 0.480. The Morgan fingerprint density at radius 1 is 1.05 bits per heavy atom. The second kappa shape index (κ2) is 5.33. The van der Waals surface area contributed by atoms with E-state index in [4.69, 9.17) is 5.84 Å². The van der Waals surface area contributed by atoms with Crippen LogP contribution in [0, 0.1) is 23.3 Å². The second-order valence-electron chi connectivity index (χ2n) is 3.78. The summed E-state index contributed by atoms with van der Waals surface area (Å²) < 4.78 is 53.7. The molecule has 19 heavy (non-hydrogen) atoms. The summed E-state index contributed by atoms with van der Waals surface area (Å²) in [7, 11) is 0. The molecule has 2 rings (SSSR count). The number of hydrogen-bond acceptors (Lipinski definition) is 3. The third kappa shape index (κ3) is 2.56. The van der Waals surface area contributed by atoms with Gasteiger partial charge in [0.05, 0.1) is 12.2 Å². The van der Waals surface area contributed by atoms with Gasteiger partial charge in [-0.3, -0.25) is 10.8 Å². The maximum atomic E-state index is 13.7. The van der Waals surface area contributed by atoms with Gasteiger partial charge in [0.25, 0.3) is 0 Å².